The van der Waals surface area contributed by atoms with Crippen molar-refractivity contribution < 1.29 is 4.84 Å². The van der Waals surface area contributed by atoms with Crippen LogP contribution < -0.4 is 5.90 Å². The molecular formula is C6H12Cl4N2O. The van der Waals surface area contributed by atoms with Crippen molar-refractivity contribution in [3.8, 4) is 0 Å². The zero-order valence-electron chi connectivity index (χ0n) is 6.58. The Hall–Kier alpha value is 0.230. The van der Waals surface area contributed by atoms with Crippen LogP contribution in [0.2, 0.25) is 0 Å². The van der Waals surface area contributed by atoms with E-state index in [2.05, 4.69) is 9.82 Å². The van der Waals surface area contributed by atoms with Crippen LogP contribution in [-0.2, 0) is 11.4 Å². The van der Waals surface area contributed by atoms with Crippen molar-refractivity contribution in [1.29, 1.82) is 0 Å². The van der Waals surface area contributed by atoms with Gasteiger partial charge in [-0.2, -0.15) is 0 Å². The highest BCUT2D eigenvalue weighted by molar-refractivity contribution is 5.86. The van der Waals surface area contributed by atoms with Gasteiger partial charge in [0.1, 0.15) is 6.61 Å². The van der Waals surface area contributed by atoms with Gasteiger partial charge in [0.2, 0.25) is 0 Å². The number of rotatable bonds is 2. The van der Waals surface area contributed by atoms with Gasteiger partial charge >= 0.3 is 0 Å². The molecule has 0 fully saturated rings. The molecule has 0 aliphatic carbocycles. The van der Waals surface area contributed by atoms with E-state index in [1.165, 1.54) is 0 Å². The molecule has 0 bridgehead atoms. The van der Waals surface area contributed by atoms with Gasteiger partial charge in [0.15, 0.2) is 0 Å². The summed E-state index contributed by atoms with van der Waals surface area (Å²) in [7, 11) is 0. The maximum atomic E-state index is 4.82. The summed E-state index contributed by atoms with van der Waals surface area (Å²) in [6.45, 7) is 0.376. The van der Waals surface area contributed by atoms with Crippen molar-refractivity contribution in [2.75, 3.05) is 0 Å². The SMILES string of the molecule is Cl.Cl.Cl.Cl.NOCc1ccccn1. The van der Waals surface area contributed by atoms with E-state index in [-0.39, 0.29) is 49.6 Å². The average Bonchev–Trinajstić information content (AvgIpc) is 1.91. The van der Waals surface area contributed by atoms with Gasteiger partial charge in [-0.3, -0.25) is 9.82 Å². The Balaban J connectivity index is -0.000000101. The summed E-state index contributed by atoms with van der Waals surface area (Å²) in [6, 6.07) is 5.59. The van der Waals surface area contributed by atoms with E-state index < -0.39 is 0 Å². The van der Waals surface area contributed by atoms with E-state index in [4.69, 9.17) is 5.90 Å². The molecule has 1 heterocycles. The lowest BCUT2D eigenvalue weighted by molar-refractivity contribution is 0.121. The molecule has 0 radical (unpaired) electrons. The van der Waals surface area contributed by atoms with Gasteiger partial charge in [-0.25, -0.2) is 5.90 Å². The van der Waals surface area contributed by atoms with Crippen LogP contribution in [0.4, 0.5) is 0 Å². The number of hydrogen-bond acceptors (Lipinski definition) is 3. The van der Waals surface area contributed by atoms with Crippen LogP contribution in [0.5, 0.6) is 0 Å². The normalized spacial score (nSPS) is 6.54. The molecule has 0 aliphatic heterocycles. The molecule has 0 amide bonds. The number of halogens is 4. The predicted octanol–water partition coefficient (Wildman–Crippen LogP) is 2.16. The molecule has 0 unspecified atom stereocenters. The number of nitrogens with zero attached hydrogens (tertiary/aromatic N) is 1. The summed E-state index contributed by atoms with van der Waals surface area (Å²) in [5.74, 6) is 4.82. The molecule has 80 valence electrons. The third-order valence-corrected chi connectivity index (χ3v) is 0.957. The Labute approximate surface area is 102 Å². The van der Waals surface area contributed by atoms with Crippen molar-refractivity contribution in [3.63, 3.8) is 0 Å². The minimum absolute atomic E-state index is 0. The Morgan fingerprint density at radius 1 is 1.15 bits per heavy atom. The molecule has 0 saturated heterocycles. The second kappa shape index (κ2) is 14.7. The maximum absolute atomic E-state index is 4.82. The van der Waals surface area contributed by atoms with Gasteiger partial charge in [0.25, 0.3) is 0 Å². The van der Waals surface area contributed by atoms with Gasteiger partial charge < -0.3 is 0 Å². The first-order valence-electron chi connectivity index (χ1n) is 2.65. The van der Waals surface area contributed by atoms with E-state index in [9.17, 15) is 0 Å². The van der Waals surface area contributed by atoms with Crippen LogP contribution in [0.3, 0.4) is 0 Å². The molecule has 0 saturated carbocycles. The summed E-state index contributed by atoms with van der Waals surface area (Å²) >= 11 is 0. The molecule has 0 aliphatic rings. The lowest BCUT2D eigenvalue weighted by Gasteiger charge is -1.93. The monoisotopic (exact) mass is 268 g/mol. The fourth-order valence-corrected chi connectivity index (χ4v) is 0.569. The van der Waals surface area contributed by atoms with Crippen LogP contribution in [0.1, 0.15) is 5.69 Å². The zero-order chi connectivity index (χ0) is 6.53. The Morgan fingerprint density at radius 2 is 1.77 bits per heavy atom. The highest BCUT2D eigenvalue weighted by Gasteiger charge is 1.87. The van der Waals surface area contributed by atoms with E-state index in [0.29, 0.717) is 6.61 Å². The lowest BCUT2D eigenvalue weighted by Crippen LogP contribution is -1.99. The number of nitrogens with two attached hydrogens (primary N) is 1. The van der Waals surface area contributed by atoms with Gasteiger partial charge in [-0.1, -0.05) is 6.07 Å². The van der Waals surface area contributed by atoms with Gasteiger partial charge in [0, 0.05) is 6.20 Å². The van der Waals surface area contributed by atoms with E-state index in [0.717, 1.165) is 5.69 Å². The molecule has 0 atom stereocenters. The summed E-state index contributed by atoms with van der Waals surface area (Å²) in [5.41, 5.74) is 0.847. The van der Waals surface area contributed by atoms with Gasteiger partial charge in [0.05, 0.1) is 5.69 Å². The third kappa shape index (κ3) is 10.1. The second-order valence-electron chi connectivity index (χ2n) is 1.63. The molecule has 1 aromatic rings. The van der Waals surface area contributed by atoms with Crippen LogP contribution in [0, 0.1) is 0 Å². The first-order chi connectivity index (χ1) is 4.43. The fourth-order valence-electron chi connectivity index (χ4n) is 0.569. The van der Waals surface area contributed by atoms with Crippen molar-refractivity contribution >= 4 is 49.6 Å². The van der Waals surface area contributed by atoms with E-state index >= 15 is 0 Å². The predicted molar refractivity (Wildman–Crippen MR) is 62.2 cm³/mol. The van der Waals surface area contributed by atoms with Crippen LogP contribution in [0.15, 0.2) is 24.4 Å². The summed E-state index contributed by atoms with van der Waals surface area (Å²) in [4.78, 5) is 8.33. The molecule has 3 nitrogen and oxygen atoms in total. The van der Waals surface area contributed by atoms with Crippen molar-refractivity contribution in [2.24, 2.45) is 5.90 Å². The van der Waals surface area contributed by atoms with Gasteiger partial charge in [-0.05, 0) is 12.1 Å². The summed E-state index contributed by atoms with van der Waals surface area (Å²) < 4.78 is 0. The smallest absolute Gasteiger partial charge is 0.110 e. The molecular weight excluding hydrogens is 258 g/mol. The Bertz CT molecular complexity index is 176. The molecule has 1 aromatic heterocycles. The summed E-state index contributed by atoms with van der Waals surface area (Å²) in [6.07, 6.45) is 1.70. The molecule has 0 aromatic carbocycles. The largest absolute Gasteiger partial charge is 0.298 e. The van der Waals surface area contributed by atoms with Crippen molar-refractivity contribution in [2.45, 2.75) is 6.61 Å². The number of aromatic nitrogens is 1. The van der Waals surface area contributed by atoms with E-state index in [1.54, 1.807) is 6.20 Å². The van der Waals surface area contributed by atoms with Crippen LogP contribution in [-0.4, -0.2) is 4.98 Å². The minimum Gasteiger partial charge on any atom is -0.298 e. The number of pyridine rings is 1. The zero-order valence-corrected chi connectivity index (χ0v) is 9.85. The Morgan fingerprint density at radius 3 is 2.15 bits per heavy atom. The number of hydrogen-bond donors (Lipinski definition) is 1. The van der Waals surface area contributed by atoms with Crippen LogP contribution in [0.25, 0.3) is 0 Å². The third-order valence-electron chi connectivity index (χ3n) is 0.957. The van der Waals surface area contributed by atoms with E-state index in [1.807, 2.05) is 18.2 Å². The summed E-state index contributed by atoms with van der Waals surface area (Å²) in [5, 5.41) is 0. The topological polar surface area (TPSA) is 48.1 Å². The van der Waals surface area contributed by atoms with Gasteiger partial charge in [-0.15, -0.1) is 49.6 Å². The molecule has 1 rings (SSSR count). The second-order valence-corrected chi connectivity index (χ2v) is 1.63. The average molecular weight is 270 g/mol. The first-order valence-corrected chi connectivity index (χ1v) is 2.65. The quantitative estimate of drug-likeness (QED) is 0.837. The maximum Gasteiger partial charge on any atom is 0.110 e. The molecule has 2 N–H and O–H groups in total. The van der Waals surface area contributed by atoms with Crippen LogP contribution >= 0.6 is 49.6 Å². The fraction of sp³-hybridized carbons (Fsp3) is 0.167. The first kappa shape index (κ1) is 23.2. The Kier molecular flexibility index (Phi) is 26.3. The minimum atomic E-state index is 0. The molecule has 0 spiro atoms. The van der Waals surface area contributed by atoms with Crippen molar-refractivity contribution in [1.82, 2.24) is 4.98 Å². The molecule has 7 heteroatoms. The van der Waals surface area contributed by atoms with Crippen molar-refractivity contribution in [3.05, 3.63) is 30.1 Å². The molecule has 13 heavy (non-hydrogen) atoms. The highest BCUT2D eigenvalue weighted by Crippen LogP contribution is 1.92. The lowest BCUT2D eigenvalue weighted by atomic mass is 10.4. The highest BCUT2D eigenvalue weighted by atomic mass is 35.5. The standard InChI is InChI=1S/C6H8N2O.4ClH/c7-9-5-6-3-1-2-4-8-6;;;;/h1-4H,5,7H2;4*1H.